The Morgan fingerprint density at radius 3 is 2.81 bits per heavy atom. The van der Waals surface area contributed by atoms with Crippen molar-refractivity contribution in [2.24, 2.45) is 0 Å². The van der Waals surface area contributed by atoms with E-state index in [1.165, 1.54) is 10.8 Å². The lowest BCUT2D eigenvalue weighted by Crippen LogP contribution is -2.34. The maximum atomic E-state index is 12.0. The summed E-state index contributed by atoms with van der Waals surface area (Å²) in [7, 11) is 0. The standard InChI is InChI=1S/C15H17N3O3/c1-3-11-5-4-6-12(7-11)16-13(19)9-18-8-10(2)14(20)17-15(18)21/h4-8H,3,9H2,1-2H3,(H,16,19)(H,17,20,21). The summed E-state index contributed by atoms with van der Waals surface area (Å²) in [6, 6.07) is 7.52. The molecule has 1 aromatic heterocycles. The van der Waals surface area contributed by atoms with Gasteiger partial charge in [-0.25, -0.2) is 4.79 Å². The Morgan fingerprint density at radius 2 is 2.10 bits per heavy atom. The van der Waals surface area contributed by atoms with Gasteiger partial charge < -0.3 is 5.32 Å². The van der Waals surface area contributed by atoms with Gasteiger partial charge in [-0.05, 0) is 31.0 Å². The van der Waals surface area contributed by atoms with Crippen LogP contribution in [0.3, 0.4) is 0 Å². The van der Waals surface area contributed by atoms with E-state index in [2.05, 4.69) is 10.3 Å². The van der Waals surface area contributed by atoms with Gasteiger partial charge in [0.2, 0.25) is 5.91 Å². The number of amides is 1. The normalized spacial score (nSPS) is 10.4. The highest BCUT2D eigenvalue weighted by molar-refractivity contribution is 5.90. The quantitative estimate of drug-likeness (QED) is 0.881. The zero-order chi connectivity index (χ0) is 15.4. The Hall–Kier alpha value is -2.63. The molecule has 1 heterocycles. The smallest absolute Gasteiger partial charge is 0.325 e. The molecular weight excluding hydrogens is 270 g/mol. The van der Waals surface area contributed by atoms with Crippen LogP contribution in [0.25, 0.3) is 0 Å². The molecule has 110 valence electrons. The number of carbonyl (C=O) groups excluding carboxylic acids is 1. The van der Waals surface area contributed by atoms with E-state index in [4.69, 9.17) is 0 Å². The number of H-pyrrole nitrogens is 1. The van der Waals surface area contributed by atoms with Crippen molar-refractivity contribution in [3.8, 4) is 0 Å². The van der Waals surface area contributed by atoms with Crippen LogP contribution >= 0.6 is 0 Å². The Labute approximate surface area is 121 Å². The van der Waals surface area contributed by atoms with Crippen LogP contribution in [0.4, 0.5) is 5.69 Å². The van der Waals surface area contributed by atoms with Gasteiger partial charge in [0.05, 0.1) is 0 Å². The molecule has 0 bridgehead atoms. The third-order valence-corrected chi connectivity index (χ3v) is 3.12. The fraction of sp³-hybridized carbons (Fsp3) is 0.267. The van der Waals surface area contributed by atoms with Crippen LogP contribution < -0.4 is 16.6 Å². The highest BCUT2D eigenvalue weighted by Gasteiger charge is 2.07. The first-order valence-electron chi connectivity index (χ1n) is 6.68. The summed E-state index contributed by atoms with van der Waals surface area (Å²) in [5, 5.41) is 2.74. The summed E-state index contributed by atoms with van der Waals surface area (Å²) in [6.45, 7) is 3.47. The summed E-state index contributed by atoms with van der Waals surface area (Å²) in [5.74, 6) is -0.322. The Balaban J connectivity index is 2.13. The Morgan fingerprint density at radius 1 is 1.33 bits per heavy atom. The van der Waals surface area contributed by atoms with Crippen LogP contribution in [-0.4, -0.2) is 15.5 Å². The van der Waals surface area contributed by atoms with Crippen molar-refractivity contribution in [2.45, 2.75) is 26.8 Å². The zero-order valence-corrected chi connectivity index (χ0v) is 12.0. The van der Waals surface area contributed by atoms with Gasteiger partial charge in [0.25, 0.3) is 5.56 Å². The van der Waals surface area contributed by atoms with Crippen LogP contribution in [0, 0.1) is 6.92 Å². The SMILES string of the molecule is CCc1cccc(NC(=O)Cn2cc(C)c(=O)[nH]c2=O)c1. The summed E-state index contributed by atoms with van der Waals surface area (Å²) >= 11 is 0. The van der Waals surface area contributed by atoms with Crippen molar-refractivity contribution in [3.05, 3.63) is 62.4 Å². The maximum Gasteiger partial charge on any atom is 0.328 e. The van der Waals surface area contributed by atoms with Gasteiger partial charge in [-0.1, -0.05) is 19.1 Å². The number of hydrogen-bond acceptors (Lipinski definition) is 3. The van der Waals surface area contributed by atoms with Crippen LogP contribution in [0.2, 0.25) is 0 Å². The van der Waals surface area contributed by atoms with E-state index in [1.54, 1.807) is 13.0 Å². The molecule has 0 radical (unpaired) electrons. The molecule has 0 unspecified atom stereocenters. The lowest BCUT2D eigenvalue weighted by Gasteiger charge is -2.08. The molecule has 0 fully saturated rings. The number of carbonyl (C=O) groups is 1. The number of aryl methyl sites for hydroxylation is 2. The van der Waals surface area contributed by atoms with Gasteiger partial charge in [-0.2, -0.15) is 0 Å². The second kappa shape index (κ2) is 6.21. The van der Waals surface area contributed by atoms with Gasteiger partial charge in [0.15, 0.2) is 0 Å². The number of nitrogens with zero attached hydrogens (tertiary/aromatic N) is 1. The van der Waals surface area contributed by atoms with E-state index in [1.807, 2.05) is 25.1 Å². The molecule has 2 rings (SSSR count). The van der Waals surface area contributed by atoms with Crippen molar-refractivity contribution in [1.29, 1.82) is 0 Å². The van der Waals surface area contributed by atoms with Crippen molar-refractivity contribution >= 4 is 11.6 Å². The molecule has 0 aliphatic carbocycles. The molecule has 1 amide bonds. The first-order valence-corrected chi connectivity index (χ1v) is 6.68. The number of aromatic nitrogens is 2. The fourth-order valence-corrected chi connectivity index (χ4v) is 1.96. The molecule has 2 aromatic rings. The first kappa shape index (κ1) is 14.8. The molecule has 6 nitrogen and oxygen atoms in total. The van der Waals surface area contributed by atoms with Crippen LogP contribution in [0.1, 0.15) is 18.1 Å². The topological polar surface area (TPSA) is 84.0 Å². The number of rotatable bonds is 4. The van der Waals surface area contributed by atoms with Crippen molar-refractivity contribution < 1.29 is 4.79 Å². The van der Waals surface area contributed by atoms with E-state index in [-0.39, 0.29) is 12.5 Å². The van der Waals surface area contributed by atoms with Crippen molar-refractivity contribution in [1.82, 2.24) is 9.55 Å². The molecule has 0 saturated carbocycles. The van der Waals surface area contributed by atoms with Crippen molar-refractivity contribution in [3.63, 3.8) is 0 Å². The van der Waals surface area contributed by atoms with Gasteiger partial charge in [-0.3, -0.25) is 19.1 Å². The number of anilines is 1. The molecule has 0 aliphatic rings. The molecule has 2 N–H and O–H groups in total. The van der Waals surface area contributed by atoms with Gasteiger partial charge >= 0.3 is 5.69 Å². The zero-order valence-electron chi connectivity index (χ0n) is 12.0. The predicted octanol–water partition coefficient (Wildman–Crippen LogP) is 1.05. The largest absolute Gasteiger partial charge is 0.328 e. The van der Waals surface area contributed by atoms with Crippen LogP contribution in [-0.2, 0) is 17.8 Å². The lowest BCUT2D eigenvalue weighted by molar-refractivity contribution is -0.116. The average Bonchev–Trinajstić information content (AvgIpc) is 2.45. The van der Waals surface area contributed by atoms with E-state index in [9.17, 15) is 14.4 Å². The average molecular weight is 287 g/mol. The molecule has 0 atom stereocenters. The third kappa shape index (κ3) is 3.68. The van der Waals surface area contributed by atoms with E-state index >= 15 is 0 Å². The number of hydrogen-bond donors (Lipinski definition) is 2. The minimum absolute atomic E-state index is 0.146. The summed E-state index contributed by atoms with van der Waals surface area (Å²) in [4.78, 5) is 37.0. The minimum Gasteiger partial charge on any atom is -0.325 e. The van der Waals surface area contributed by atoms with Gasteiger partial charge in [-0.15, -0.1) is 0 Å². The monoisotopic (exact) mass is 287 g/mol. The van der Waals surface area contributed by atoms with Gasteiger partial charge in [0, 0.05) is 17.4 Å². The summed E-state index contributed by atoms with van der Waals surface area (Å²) in [5.41, 5.74) is 1.16. The highest BCUT2D eigenvalue weighted by Crippen LogP contribution is 2.10. The number of aromatic amines is 1. The van der Waals surface area contributed by atoms with Crippen LogP contribution in [0.5, 0.6) is 0 Å². The molecule has 1 aromatic carbocycles. The van der Waals surface area contributed by atoms with E-state index in [0.717, 1.165) is 12.0 Å². The molecule has 6 heteroatoms. The lowest BCUT2D eigenvalue weighted by atomic mass is 10.1. The summed E-state index contributed by atoms with van der Waals surface area (Å²) < 4.78 is 1.18. The Kier molecular flexibility index (Phi) is 4.37. The number of benzene rings is 1. The molecule has 21 heavy (non-hydrogen) atoms. The predicted molar refractivity (Wildman–Crippen MR) is 80.5 cm³/mol. The minimum atomic E-state index is -0.594. The Bertz CT molecular complexity index is 774. The molecule has 0 saturated heterocycles. The van der Waals surface area contributed by atoms with E-state index in [0.29, 0.717) is 11.3 Å². The maximum absolute atomic E-state index is 12.0. The molecular formula is C15H17N3O3. The van der Waals surface area contributed by atoms with Gasteiger partial charge in [0.1, 0.15) is 6.54 Å². The van der Waals surface area contributed by atoms with E-state index < -0.39 is 11.2 Å². The number of nitrogens with one attached hydrogen (secondary N) is 2. The fourth-order valence-electron chi connectivity index (χ4n) is 1.96. The highest BCUT2D eigenvalue weighted by atomic mass is 16.2. The second-order valence-corrected chi connectivity index (χ2v) is 4.80. The van der Waals surface area contributed by atoms with Crippen LogP contribution in [0.15, 0.2) is 40.1 Å². The first-order chi connectivity index (χ1) is 9.99. The second-order valence-electron chi connectivity index (χ2n) is 4.80. The van der Waals surface area contributed by atoms with Crippen molar-refractivity contribution in [2.75, 3.05) is 5.32 Å². The molecule has 0 aliphatic heterocycles. The summed E-state index contributed by atoms with van der Waals surface area (Å²) in [6.07, 6.45) is 2.26. The third-order valence-electron chi connectivity index (χ3n) is 3.12. The molecule has 0 spiro atoms.